The number of aromatic hydroxyl groups is 1. The van der Waals surface area contributed by atoms with Crippen LogP contribution in [0.4, 0.5) is 0 Å². The molecule has 32 heteroatoms. The standard InChI is InChI=1S/C58H92Cl2O30/c1-24(69-9)15-33-53(78-23-77-33)58(79-22-61)89-35-21-76-55(51(74-14)48(35)90-58)88-56-50(73-13)43(65)47(34(84-56)20-68-8)86-37-17-32(46(71-11)28(5)81-37)83-38-18-57(7,67)52(29(6)82-38)75-19-31(63)44(26(3)70-10)85-36-16-30(62)45(27(4)80-36)87-54(66)39-25(2)40(59)42(64)41(60)49(39)72-12/h24,26-38,43-48,50-53,55-56,61-65,67H,15-23H2,1-14H3/t24-,26+,27+,28+,29+,30+,31+,32+,33-,34+,35-,36-,37-,38-,43-,44+,45+,46-,47+,48+,50-,51+,52+,53+,55-,56-,57+,58+/m0/s1. The smallest absolute Gasteiger partial charge is 0.342 e. The van der Waals surface area contributed by atoms with E-state index >= 15 is 0 Å². The Labute approximate surface area is 533 Å². The second kappa shape index (κ2) is 32.3. The molecule has 0 saturated carbocycles. The van der Waals surface area contributed by atoms with Crippen molar-refractivity contribution in [2.45, 2.75) is 245 Å². The lowest BCUT2D eigenvalue weighted by Crippen LogP contribution is -2.64. The van der Waals surface area contributed by atoms with Crippen LogP contribution in [-0.4, -0.2) is 291 Å². The Morgan fingerprint density at radius 1 is 0.767 bits per heavy atom. The van der Waals surface area contributed by atoms with Gasteiger partial charge in [-0.2, -0.15) is 0 Å². The first-order chi connectivity index (χ1) is 42.8. The molecule has 30 nitrogen and oxygen atoms in total. The van der Waals surface area contributed by atoms with Crippen molar-refractivity contribution in [1.82, 2.24) is 0 Å². The number of carbonyl (C=O) groups is 1. The van der Waals surface area contributed by atoms with Gasteiger partial charge in [0.05, 0.1) is 86.4 Å². The molecule has 1 aromatic rings. The maximum absolute atomic E-state index is 13.5. The van der Waals surface area contributed by atoms with E-state index in [0.29, 0.717) is 6.42 Å². The summed E-state index contributed by atoms with van der Waals surface area (Å²) in [6.45, 7) is 10.2. The Morgan fingerprint density at radius 2 is 1.46 bits per heavy atom. The van der Waals surface area contributed by atoms with Gasteiger partial charge in [0.1, 0.15) is 91.3 Å². The number of carbonyl (C=O) groups excluding carboxylic acids is 1. The van der Waals surface area contributed by atoms with Gasteiger partial charge in [-0.15, -0.1) is 0 Å². The van der Waals surface area contributed by atoms with Gasteiger partial charge in [0, 0.05) is 68.3 Å². The highest BCUT2D eigenvalue weighted by Gasteiger charge is 2.64. The van der Waals surface area contributed by atoms with Crippen LogP contribution >= 0.6 is 23.2 Å². The summed E-state index contributed by atoms with van der Waals surface area (Å²) in [7, 11) is 10.0. The molecule has 0 spiro atoms. The minimum Gasteiger partial charge on any atom is -0.505 e. The number of rotatable bonds is 28. The molecule has 8 rings (SSSR count). The minimum absolute atomic E-state index is 0.0539. The highest BCUT2D eigenvalue weighted by atomic mass is 35.5. The van der Waals surface area contributed by atoms with Gasteiger partial charge in [0.25, 0.3) is 0 Å². The quantitative estimate of drug-likeness (QED) is 0.0514. The van der Waals surface area contributed by atoms with Gasteiger partial charge >= 0.3 is 11.9 Å². The zero-order valence-corrected chi connectivity index (χ0v) is 54.6. The first-order valence-electron chi connectivity index (χ1n) is 30.0. The SMILES string of the molecule is COC[C@H]1O[C@@H](O[C@@H]2OC[C@@H]3O[C@](OCO)([C@@H]4OCO[C@H]4C[C@H](C)OC)O[C@H]3[C@H]2OC)[C@@H](OC)[C@@H](O)[C@@H]1O[C@H]1C[C@@H](O[C@H]2C[C@@](C)(O)[C@H](OC[C@@H](O)[C@H](O[C@H]3C[C@@H](O)[C@H](OC(=O)c4c(C)c(Cl)c(O)c(Cl)c4OC)[C@@H](C)O3)[C@@H](C)OC)[C@@H](C)O2)[C@@H](OC)[C@@H](C)O1. The van der Waals surface area contributed by atoms with Gasteiger partial charge in [0.2, 0.25) is 0 Å². The zero-order chi connectivity index (χ0) is 65.7. The van der Waals surface area contributed by atoms with Crippen molar-refractivity contribution >= 4 is 29.2 Å². The fourth-order valence-corrected chi connectivity index (χ4v) is 13.3. The van der Waals surface area contributed by atoms with Crippen molar-refractivity contribution in [2.75, 3.05) is 83.2 Å². The number of aliphatic hydroxyl groups is 5. The topological polar surface area (TPSA) is 351 Å². The number of hydrogen-bond donors (Lipinski definition) is 6. The van der Waals surface area contributed by atoms with Gasteiger partial charge in [-0.3, -0.25) is 4.74 Å². The summed E-state index contributed by atoms with van der Waals surface area (Å²) in [5.41, 5.74) is -1.61. The van der Waals surface area contributed by atoms with E-state index in [-0.39, 0.29) is 78.9 Å². The average molecular weight is 1340 g/mol. The highest BCUT2D eigenvalue weighted by Crippen LogP contribution is 2.47. The lowest BCUT2D eigenvalue weighted by atomic mass is 9.88. The molecule has 1 aromatic carbocycles. The van der Waals surface area contributed by atoms with E-state index in [9.17, 15) is 35.4 Å². The molecule has 518 valence electrons. The highest BCUT2D eigenvalue weighted by molar-refractivity contribution is 6.39. The van der Waals surface area contributed by atoms with E-state index in [1.54, 1.807) is 41.7 Å². The molecule has 7 fully saturated rings. The molecule has 28 atom stereocenters. The Bertz CT molecular complexity index is 2420. The lowest BCUT2D eigenvalue weighted by Gasteiger charge is -2.48. The van der Waals surface area contributed by atoms with Crippen LogP contribution in [0.5, 0.6) is 11.5 Å². The molecule has 6 N–H and O–H groups in total. The van der Waals surface area contributed by atoms with Crippen molar-refractivity contribution in [3.63, 3.8) is 0 Å². The van der Waals surface area contributed by atoms with Crippen molar-refractivity contribution in [3.8, 4) is 11.5 Å². The number of phenolic OH excluding ortho intramolecular Hbond substituents is 1. The molecule has 0 aromatic heterocycles. The number of hydrogen-bond acceptors (Lipinski definition) is 30. The first-order valence-corrected chi connectivity index (χ1v) is 30.7. The van der Waals surface area contributed by atoms with E-state index < -0.39 is 184 Å². The van der Waals surface area contributed by atoms with Crippen molar-refractivity contribution in [1.29, 1.82) is 0 Å². The lowest BCUT2D eigenvalue weighted by molar-refractivity contribution is -0.398. The number of methoxy groups -OCH3 is 7. The van der Waals surface area contributed by atoms with Crippen LogP contribution in [0, 0.1) is 6.92 Å². The van der Waals surface area contributed by atoms with Crippen LogP contribution in [0.1, 0.15) is 83.1 Å². The van der Waals surface area contributed by atoms with E-state index in [2.05, 4.69) is 0 Å². The number of fused-ring (bicyclic) bond motifs is 1. The predicted molar refractivity (Wildman–Crippen MR) is 305 cm³/mol. The molecule has 0 amide bonds. The molecule has 0 radical (unpaired) electrons. The van der Waals surface area contributed by atoms with E-state index in [1.165, 1.54) is 49.6 Å². The number of phenols is 1. The van der Waals surface area contributed by atoms with Crippen molar-refractivity contribution < 1.29 is 144 Å². The van der Waals surface area contributed by atoms with E-state index in [0.717, 1.165) is 0 Å². The third-order valence-corrected chi connectivity index (χ3v) is 18.3. The van der Waals surface area contributed by atoms with Gasteiger partial charge in [-0.1, -0.05) is 23.2 Å². The summed E-state index contributed by atoms with van der Waals surface area (Å²) < 4.78 is 139. The van der Waals surface area contributed by atoms with Crippen LogP contribution in [-0.2, 0) is 104 Å². The molecular formula is C58H92Cl2O30. The molecular weight excluding hydrogens is 1250 g/mol. The van der Waals surface area contributed by atoms with Gasteiger partial charge < -0.3 is 135 Å². The van der Waals surface area contributed by atoms with Gasteiger partial charge in [0.15, 0.2) is 55.2 Å². The van der Waals surface area contributed by atoms with Crippen LogP contribution in [0.15, 0.2) is 0 Å². The van der Waals surface area contributed by atoms with Crippen LogP contribution in [0.25, 0.3) is 0 Å². The predicted octanol–water partition coefficient (Wildman–Crippen LogP) is 1.72. The second-order valence-corrected chi connectivity index (χ2v) is 24.4. The summed E-state index contributed by atoms with van der Waals surface area (Å²) in [5.74, 6) is -3.50. The summed E-state index contributed by atoms with van der Waals surface area (Å²) in [4.78, 5) is 13.5. The molecule has 0 unspecified atom stereocenters. The maximum Gasteiger partial charge on any atom is 0.342 e. The average Bonchev–Trinajstić information content (AvgIpc) is 1.55. The fraction of sp³-hybridized carbons (Fsp3) is 0.879. The summed E-state index contributed by atoms with van der Waals surface area (Å²) in [5, 5.41) is 67.0. The monoisotopic (exact) mass is 1340 g/mol. The normalized spacial score (nSPS) is 41.3. The minimum atomic E-state index is -1.92. The number of halogens is 2. The zero-order valence-electron chi connectivity index (χ0n) is 53.1. The van der Waals surface area contributed by atoms with E-state index in [4.69, 9.17) is 132 Å². The maximum atomic E-state index is 13.5. The molecule has 0 aliphatic carbocycles. The van der Waals surface area contributed by atoms with Gasteiger partial charge in [-0.05, 0) is 54.0 Å². The number of esters is 1. The number of ether oxygens (including phenoxy) is 23. The second-order valence-electron chi connectivity index (χ2n) is 23.7. The number of aliphatic hydroxyl groups excluding tert-OH is 4. The van der Waals surface area contributed by atoms with E-state index in [1.807, 2.05) is 6.92 Å². The molecule has 90 heavy (non-hydrogen) atoms. The van der Waals surface area contributed by atoms with Crippen molar-refractivity contribution in [2.24, 2.45) is 0 Å². The fourth-order valence-electron chi connectivity index (χ4n) is 12.8. The van der Waals surface area contributed by atoms with Crippen LogP contribution < -0.4 is 4.74 Å². The Hall–Kier alpha value is -2.17. The Morgan fingerprint density at radius 3 is 2.09 bits per heavy atom. The third kappa shape index (κ3) is 16.1. The van der Waals surface area contributed by atoms with Crippen LogP contribution in [0.2, 0.25) is 10.0 Å². The molecule has 7 aliphatic heterocycles. The van der Waals surface area contributed by atoms with Gasteiger partial charge in [-0.25, -0.2) is 4.79 Å². The molecule has 0 bridgehead atoms. The first kappa shape index (κ1) is 73.6. The largest absolute Gasteiger partial charge is 0.505 e. The van der Waals surface area contributed by atoms with Crippen LogP contribution in [0.3, 0.4) is 0 Å². The molecule has 7 aliphatic rings. The molecule has 7 heterocycles. The third-order valence-electron chi connectivity index (χ3n) is 17.5. The summed E-state index contributed by atoms with van der Waals surface area (Å²) in [6, 6.07) is 0. The van der Waals surface area contributed by atoms with Crippen molar-refractivity contribution in [3.05, 3.63) is 21.2 Å². The summed E-state index contributed by atoms with van der Waals surface area (Å²) >= 11 is 12.5. The summed E-state index contributed by atoms with van der Waals surface area (Å²) in [6.07, 6.45) is -25.1. The Kier molecular flexibility index (Phi) is 26.4. The Balaban J connectivity index is 0.858. The number of benzene rings is 1. The molecule has 7 saturated heterocycles.